The van der Waals surface area contributed by atoms with E-state index in [4.69, 9.17) is 24.4 Å². The zero-order valence-corrected chi connectivity index (χ0v) is 30.0. The average molecular weight is 722 g/mol. The number of furan rings is 1. The van der Waals surface area contributed by atoms with Crippen LogP contribution in [0.4, 0.5) is 0 Å². The number of hydrogen-bond donors (Lipinski definition) is 0. The molecule has 5 heterocycles. The molecular weight excluding hydrogens is 695 g/mol. The van der Waals surface area contributed by atoms with Crippen LogP contribution < -0.4 is 0 Å². The molecule has 0 aliphatic heterocycles. The molecule has 7 heteroatoms. The van der Waals surface area contributed by atoms with Crippen molar-refractivity contribution in [1.82, 2.24) is 24.5 Å². The van der Waals surface area contributed by atoms with Crippen LogP contribution in [0.3, 0.4) is 0 Å². The molecule has 0 bridgehead atoms. The largest absolute Gasteiger partial charge is 0.456 e. The summed E-state index contributed by atoms with van der Waals surface area (Å²) in [5.74, 6) is 1.55. The molecule has 6 nitrogen and oxygen atoms in total. The number of benzene rings is 7. The number of thiophene rings is 1. The molecule has 0 fully saturated rings. The summed E-state index contributed by atoms with van der Waals surface area (Å²) in [6, 6.07) is 55.1. The van der Waals surface area contributed by atoms with E-state index >= 15 is 0 Å². The van der Waals surface area contributed by atoms with Crippen molar-refractivity contribution < 1.29 is 4.42 Å². The number of rotatable bonds is 4. The molecule has 12 aromatic rings. The van der Waals surface area contributed by atoms with E-state index < -0.39 is 0 Å². The Morgan fingerprint density at radius 3 is 2.15 bits per heavy atom. The molecule has 0 atom stereocenters. The van der Waals surface area contributed by atoms with Gasteiger partial charge in [0.1, 0.15) is 16.9 Å². The van der Waals surface area contributed by atoms with E-state index in [0.717, 1.165) is 65.8 Å². The normalized spacial score (nSPS) is 12.0. The van der Waals surface area contributed by atoms with Crippen LogP contribution >= 0.6 is 11.3 Å². The van der Waals surface area contributed by atoms with Crippen molar-refractivity contribution in [3.05, 3.63) is 164 Å². The summed E-state index contributed by atoms with van der Waals surface area (Å²) in [6.45, 7) is 0. The number of hydrogen-bond acceptors (Lipinski definition) is 6. The maximum atomic E-state index is 6.31. The van der Waals surface area contributed by atoms with Crippen molar-refractivity contribution in [2.75, 3.05) is 0 Å². The lowest BCUT2D eigenvalue weighted by molar-refractivity contribution is 0.668. The molecule has 0 N–H and O–H groups in total. The topological polar surface area (TPSA) is 69.6 Å². The lowest BCUT2D eigenvalue weighted by atomic mass is 9.98. The fraction of sp³-hybridized carbons (Fsp3) is 0. The monoisotopic (exact) mass is 721 g/mol. The molecule has 7 aromatic carbocycles. The predicted molar refractivity (Wildman–Crippen MR) is 226 cm³/mol. The predicted octanol–water partition coefficient (Wildman–Crippen LogP) is 12.8. The van der Waals surface area contributed by atoms with Crippen LogP contribution in [0.25, 0.3) is 115 Å². The summed E-state index contributed by atoms with van der Waals surface area (Å²) in [6.07, 6.45) is 1.86. The Hall–Kier alpha value is -7.22. The first kappa shape index (κ1) is 30.3. The summed E-state index contributed by atoms with van der Waals surface area (Å²) in [5.41, 5.74) is 7.39. The Labute approximate surface area is 317 Å². The van der Waals surface area contributed by atoms with Crippen molar-refractivity contribution in [1.29, 1.82) is 0 Å². The van der Waals surface area contributed by atoms with Crippen LogP contribution in [0.5, 0.6) is 0 Å². The Balaban J connectivity index is 1.16. The van der Waals surface area contributed by atoms with Crippen molar-refractivity contribution in [3.63, 3.8) is 0 Å². The van der Waals surface area contributed by atoms with Gasteiger partial charge in [-0.2, -0.15) is 9.97 Å². The van der Waals surface area contributed by atoms with Crippen molar-refractivity contribution >= 4 is 86.0 Å². The van der Waals surface area contributed by atoms with Crippen molar-refractivity contribution in [3.8, 4) is 40.0 Å². The molecule has 0 saturated carbocycles. The zero-order valence-electron chi connectivity index (χ0n) is 29.1. The highest BCUT2D eigenvalue weighted by Gasteiger charge is 2.22. The number of fused-ring (bicyclic) bond motifs is 10. The number of para-hydroxylation sites is 1. The highest BCUT2D eigenvalue weighted by molar-refractivity contribution is 7.25. The van der Waals surface area contributed by atoms with Gasteiger partial charge in [-0.25, -0.2) is 4.98 Å². The minimum absolute atomic E-state index is 0.466. The first-order valence-electron chi connectivity index (χ1n) is 18.2. The first-order chi connectivity index (χ1) is 27.2. The lowest BCUT2D eigenvalue weighted by Gasteiger charge is -2.11. The molecule has 0 spiro atoms. The molecule has 5 aromatic heterocycles. The third kappa shape index (κ3) is 4.67. The molecule has 0 unspecified atom stereocenters. The van der Waals surface area contributed by atoms with Gasteiger partial charge in [-0.05, 0) is 58.3 Å². The Morgan fingerprint density at radius 2 is 1.24 bits per heavy atom. The minimum Gasteiger partial charge on any atom is -0.456 e. The van der Waals surface area contributed by atoms with E-state index in [1.54, 1.807) is 11.3 Å². The molecule has 0 aliphatic carbocycles. The highest BCUT2D eigenvalue weighted by Crippen LogP contribution is 2.41. The molecule has 256 valence electrons. The second-order valence-electron chi connectivity index (χ2n) is 13.9. The maximum absolute atomic E-state index is 6.31. The van der Waals surface area contributed by atoms with E-state index in [-0.39, 0.29) is 0 Å². The van der Waals surface area contributed by atoms with Crippen LogP contribution in [-0.4, -0.2) is 24.5 Å². The summed E-state index contributed by atoms with van der Waals surface area (Å²) in [5, 5.41) is 9.04. The van der Waals surface area contributed by atoms with Crippen molar-refractivity contribution in [2.45, 2.75) is 0 Å². The third-order valence-corrected chi connectivity index (χ3v) is 11.8. The Bertz CT molecular complexity index is 3380. The van der Waals surface area contributed by atoms with Gasteiger partial charge in [0.05, 0.1) is 11.0 Å². The Morgan fingerprint density at radius 1 is 0.473 bits per heavy atom. The van der Waals surface area contributed by atoms with Crippen LogP contribution in [0.2, 0.25) is 0 Å². The van der Waals surface area contributed by atoms with E-state index in [1.807, 2.05) is 30.5 Å². The fourth-order valence-electron chi connectivity index (χ4n) is 8.14. The smallest absolute Gasteiger partial charge is 0.238 e. The molecule has 0 aliphatic rings. The van der Waals surface area contributed by atoms with Gasteiger partial charge in [-0.3, -0.25) is 9.55 Å². The van der Waals surface area contributed by atoms with Gasteiger partial charge in [0.15, 0.2) is 11.6 Å². The van der Waals surface area contributed by atoms with E-state index in [9.17, 15) is 0 Å². The number of aromatic nitrogens is 5. The van der Waals surface area contributed by atoms with Gasteiger partial charge in [0.25, 0.3) is 0 Å². The van der Waals surface area contributed by atoms with Crippen LogP contribution in [0.15, 0.2) is 168 Å². The lowest BCUT2D eigenvalue weighted by Crippen LogP contribution is -2.07. The first-order valence-corrected chi connectivity index (χ1v) is 19.0. The van der Waals surface area contributed by atoms with Gasteiger partial charge in [0.2, 0.25) is 5.95 Å². The molecular formula is C48H27N5OS. The van der Waals surface area contributed by atoms with E-state index in [0.29, 0.717) is 23.3 Å². The molecule has 12 rings (SSSR count). The zero-order chi connectivity index (χ0) is 36.0. The number of pyridine rings is 1. The van der Waals surface area contributed by atoms with Crippen LogP contribution in [-0.2, 0) is 0 Å². The van der Waals surface area contributed by atoms with E-state index in [1.165, 1.54) is 25.6 Å². The highest BCUT2D eigenvalue weighted by atomic mass is 32.1. The minimum atomic E-state index is 0.466. The average Bonchev–Trinajstić information content (AvgIpc) is 3.91. The Kier molecular flexibility index (Phi) is 6.40. The molecule has 0 amide bonds. The SMILES string of the molecule is c1ccc(-c2cccc3c2c2cc4ccccc4cc2n3-c2nc(-c3ccc4c(c3)sc3ccccc34)nc(-c3cc4oc5ccccc5c4cn3)n2)cc1. The van der Waals surface area contributed by atoms with Crippen LogP contribution in [0, 0.1) is 0 Å². The summed E-state index contributed by atoms with van der Waals surface area (Å²) in [7, 11) is 0. The second-order valence-corrected chi connectivity index (χ2v) is 15.0. The van der Waals surface area contributed by atoms with Gasteiger partial charge in [0, 0.05) is 59.5 Å². The molecule has 0 radical (unpaired) electrons. The van der Waals surface area contributed by atoms with Crippen LogP contribution in [0.1, 0.15) is 0 Å². The fourth-order valence-corrected chi connectivity index (χ4v) is 9.29. The molecule has 55 heavy (non-hydrogen) atoms. The van der Waals surface area contributed by atoms with Crippen molar-refractivity contribution in [2.24, 2.45) is 0 Å². The van der Waals surface area contributed by atoms with Gasteiger partial charge in [-0.1, -0.05) is 115 Å². The van der Waals surface area contributed by atoms with Gasteiger partial charge < -0.3 is 4.42 Å². The summed E-state index contributed by atoms with van der Waals surface area (Å²) >= 11 is 1.78. The summed E-state index contributed by atoms with van der Waals surface area (Å²) in [4.78, 5) is 20.6. The maximum Gasteiger partial charge on any atom is 0.238 e. The number of nitrogens with zero attached hydrogens (tertiary/aromatic N) is 5. The van der Waals surface area contributed by atoms with Gasteiger partial charge in [-0.15, -0.1) is 11.3 Å². The molecule has 0 saturated heterocycles. The third-order valence-electron chi connectivity index (χ3n) is 10.7. The second kappa shape index (κ2) is 11.6. The van der Waals surface area contributed by atoms with E-state index in [2.05, 4.69) is 138 Å². The summed E-state index contributed by atoms with van der Waals surface area (Å²) < 4.78 is 10.9. The quantitative estimate of drug-likeness (QED) is 0.181. The van der Waals surface area contributed by atoms with Gasteiger partial charge >= 0.3 is 0 Å². The standard InChI is InChI=1S/C48H27N5OS/c1-2-11-28(12-3-1)32-17-10-18-39-45(32)36-23-29-13-4-5-14-30(29)24-40(36)53(39)48-51-46(31-21-22-35-34-16-7-9-20-43(34)55-44(35)25-31)50-47(52-48)38-26-42-37(27-49-38)33-15-6-8-19-41(33)54-42/h1-27H.